The van der Waals surface area contributed by atoms with Gasteiger partial charge in [0.05, 0.1) is 0 Å². The van der Waals surface area contributed by atoms with Crippen molar-refractivity contribution in [1.29, 1.82) is 0 Å². The van der Waals surface area contributed by atoms with Crippen LogP contribution < -0.4 is 0 Å². The van der Waals surface area contributed by atoms with Crippen LogP contribution in [0.15, 0.2) is 12.7 Å². The normalized spacial score (nSPS) is 11.9. The predicted octanol–water partition coefficient (Wildman–Crippen LogP) is 0.687. The summed E-state index contributed by atoms with van der Waals surface area (Å²) in [5.41, 5.74) is -0.0219. The number of aryl methyl sites for hydroxylation is 1. The highest BCUT2D eigenvalue weighted by atomic mass is 16.3. The maximum absolute atomic E-state index is 8.98. The van der Waals surface area contributed by atoms with Gasteiger partial charge in [0.15, 0.2) is 0 Å². The van der Waals surface area contributed by atoms with E-state index in [2.05, 4.69) is 10.1 Å². The molecule has 0 spiro atoms. The third-order valence-electron chi connectivity index (χ3n) is 1.91. The molecule has 4 nitrogen and oxygen atoms in total. The van der Waals surface area contributed by atoms with Gasteiger partial charge in [0, 0.05) is 13.2 Å². The first-order valence-corrected chi connectivity index (χ1v) is 4.07. The summed E-state index contributed by atoms with van der Waals surface area (Å²) >= 11 is 0. The van der Waals surface area contributed by atoms with Crippen LogP contribution in [0.3, 0.4) is 0 Å². The Labute approximate surface area is 72.2 Å². The molecule has 12 heavy (non-hydrogen) atoms. The number of aromatic nitrogens is 3. The van der Waals surface area contributed by atoms with Crippen LogP contribution in [0.4, 0.5) is 0 Å². The summed E-state index contributed by atoms with van der Waals surface area (Å²) in [5, 5.41) is 13.0. The highest BCUT2D eigenvalue weighted by Gasteiger charge is 2.15. The SMILES string of the molecule is CC(C)(CO)CCn1cncn1. The van der Waals surface area contributed by atoms with Crippen molar-refractivity contribution in [2.24, 2.45) is 5.41 Å². The predicted molar refractivity (Wildman–Crippen MR) is 45.5 cm³/mol. The van der Waals surface area contributed by atoms with E-state index in [9.17, 15) is 0 Å². The number of hydrogen-bond acceptors (Lipinski definition) is 3. The molecule has 0 saturated heterocycles. The van der Waals surface area contributed by atoms with E-state index in [-0.39, 0.29) is 12.0 Å². The van der Waals surface area contributed by atoms with Crippen LogP contribution >= 0.6 is 0 Å². The van der Waals surface area contributed by atoms with Crippen LogP contribution in [-0.4, -0.2) is 26.5 Å². The van der Waals surface area contributed by atoms with Gasteiger partial charge in [-0.1, -0.05) is 13.8 Å². The van der Waals surface area contributed by atoms with Gasteiger partial charge in [0.25, 0.3) is 0 Å². The first-order valence-electron chi connectivity index (χ1n) is 4.07. The van der Waals surface area contributed by atoms with Crippen molar-refractivity contribution in [3.63, 3.8) is 0 Å². The van der Waals surface area contributed by atoms with Gasteiger partial charge in [0.1, 0.15) is 12.7 Å². The number of rotatable bonds is 4. The minimum absolute atomic E-state index is 0.0219. The van der Waals surface area contributed by atoms with E-state index in [0.717, 1.165) is 13.0 Å². The highest BCUT2D eigenvalue weighted by Crippen LogP contribution is 2.19. The van der Waals surface area contributed by atoms with Gasteiger partial charge in [-0.25, -0.2) is 4.98 Å². The molecule has 0 bridgehead atoms. The van der Waals surface area contributed by atoms with Crippen molar-refractivity contribution in [3.8, 4) is 0 Å². The second kappa shape index (κ2) is 3.67. The van der Waals surface area contributed by atoms with Crippen LogP contribution in [0.1, 0.15) is 20.3 Å². The zero-order valence-electron chi connectivity index (χ0n) is 7.56. The van der Waals surface area contributed by atoms with Crippen molar-refractivity contribution in [2.45, 2.75) is 26.8 Å². The molecule has 0 unspecified atom stereocenters. The van der Waals surface area contributed by atoms with E-state index in [1.807, 2.05) is 13.8 Å². The lowest BCUT2D eigenvalue weighted by molar-refractivity contribution is 0.143. The van der Waals surface area contributed by atoms with Gasteiger partial charge in [-0.15, -0.1) is 0 Å². The van der Waals surface area contributed by atoms with Crippen LogP contribution in [0, 0.1) is 5.41 Å². The Morgan fingerprint density at radius 2 is 2.25 bits per heavy atom. The van der Waals surface area contributed by atoms with Gasteiger partial charge < -0.3 is 5.11 Å². The summed E-state index contributed by atoms with van der Waals surface area (Å²) < 4.78 is 1.78. The quantitative estimate of drug-likeness (QED) is 0.721. The maximum atomic E-state index is 8.98. The smallest absolute Gasteiger partial charge is 0.137 e. The molecule has 1 N–H and O–H groups in total. The highest BCUT2D eigenvalue weighted by molar-refractivity contribution is 4.67. The Kier molecular flexibility index (Phi) is 2.81. The molecule has 0 aliphatic heterocycles. The molecule has 1 aromatic rings. The molecule has 0 aliphatic carbocycles. The largest absolute Gasteiger partial charge is 0.396 e. The summed E-state index contributed by atoms with van der Waals surface area (Å²) in [6.45, 7) is 5.09. The Morgan fingerprint density at radius 3 is 2.75 bits per heavy atom. The van der Waals surface area contributed by atoms with Gasteiger partial charge in [0.2, 0.25) is 0 Å². The van der Waals surface area contributed by atoms with Crippen LogP contribution in [0.2, 0.25) is 0 Å². The summed E-state index contributed by atoms with van der Waals surface area (Å²) in [4.78, 5) is 3.84. The molecule has 0 atom stereocenters. The van der Waals surface area contributed by atoms with Gasteiger partial charge in [-0.05, 0) is 11.8 Å². The third-order valence-corrected chi connectivity index (χ3v) is 1.91. The van der Waals surface area contributed by atoms with Crippen LogP contribution in [-0.2, 0) is 6.54 Å². The van der Waals surface area contributed by atoms with E-state index in [1.165, 1.54) is 6.33 Å². The molecule has 0 aliphatic rings. The lowest BCUT2D eigenvalue weighted by Gasteiger charge is -2.20. The van der Waals surface area contributed by atoms with Crippen molar-refractivity contribution in [2.75, 3.05) is 6.61 Å². The molecule has 0 fully saturated rings. The molecule has 0 radical (unpaired) electrons. The molecule has 4 heteroatoms. The molecule has 0 amide bonds. The van der Waals surface area contributed by atoms with E-state index < -0.39 is 0 Å². The lowest BCUT2D eigenvalue weighted by Crippen LogP contribution is -2.19. The van der Waals surface area contributed by atoms with Gasteiger partial charge in [-0.2, -0.15) is 5.10 Å². The Bertz CT molecular complexity index is 218. The molecule has 1 aromatic heterocycles. The summed E-state index contributed by atoms with van der Waals surface area (Å²) in [7, 11) is 0. The van der Waals surface area contributed by atoms with Crippen molar-refractivity contribution < 1.29 is 5.11 Å². The number of aliphatic hydroxyl groups is 1. The average Bonchev–Trinajstić information content (AvgIpc) is 2.53. The van der Waals surface area contributed by atoms with E-state index in [1.54, 1.807) is 11.0 Å². The summed E-state index contributed by atoms with van der Waals surface area (Å²) in [5.74, 6) is 0. The van der Waals surface area contributed by atoms with Gasteiger partial charge in [-0.3, -0.25) is 4.68 Å². The average molecular weight is 169 g/mol. The van der Waals surface area contributed by atoms with Crippen LogP contribution in [0.25, 0.3) is 0 Å². The van der Waals surface area contributed by atoms with E-state index >= 15 is 0 Å². The minimum Gasteiger partial charge on any atom is -0.396 e. The number of nitrogens with zero attached hydrogens (tertiary/aromatic N) is 3. The van der Waals surface area contributed by atoms with E-state index in [0.29, 0.717) is 0 Å². The molecule has 68 valence electrons. The molecule has 1 rings (SSSR count). The summed E-state index contributed by atoms with van der Waals surface area (Å²) in [6.07, 6.45) is 4.12. The molecule has 0 saturated carbocycles. The van der Waals surface area contributed by atoms with Crippen molar-refractivity contribution in [1.82, 2.24) is 14.8 Å². The number of aliphatic hydroxyl groups excluding tert-OH is 1. The van der Waals surface area contributed by atoms with Gasteiger partial charge >= 0.3 is 0 Å². The minimum atomic E-state index is -0.0219. The van der Waals surface area contributed by atoms with Crippen molar-refractivity contribution in [3.05, 3.63) is 12.7 Å². The second-order valence-corrected chi connectivity index (χ2v) is 3.73. The maximum Gasteiger partial charge on any atom is 0.137 e. The fourth-order valence-corrected chi connectivity index (χ4v) is 0.844. The monoisotopic (exact) mass is 169 g/mol. The molecular weight excluding hydrogens is 154 g/mol. The topological polar surface area (TPSA) is 50.9 Å². The van der Waals surface area contributed by atoms with E-state index in [4.69, 9.17) is 5.11 Å². The third kappa shape index (κ3) is 2.62. The zero-order valence-corrected chi connectivity index (χ0v) is 7.56. The van der Waals surface area contributed by atoms with Crippen molar-refractivity contribution >= 4 is 0 Å². The Hall–Kier alpha value is -0.900. The van der Waals surface area contributed by atoms with Crippen LogP contribution in [0.5, 0.6) is 0 Å². The zero-order chi connectivity index (χ0) is 9.03. The Morgan fingerprint density at radius 1 is 1.50 bits per heavy atom. The first kappa shape index (κ1) is 9.19. The summed E-state index contributed by atoms with van der Waals surface area (Å²) in [6, 6.07) is 0. The lowest BCUT2D eigenvalue weighted by atomic mass is 9.91. The molecular formula is C8H15N3O. The first-order chi connectivity index (χ1) is 5.64. The molecule has 1 heterocycles. The molecule has 0 aromatic carbocycles. The Balaban J connectivity index is 2.36. The fourth-order valence-electron chi connectivity index (χ4n) is 0.844. The number of hydrogen-bond donors (Lipinski definition) is 1. The second-order valence-electron chi connectivity index (χ2n) is 3.73. The standard InChI is InChI=1S/C8H15N3O/c1-8(2,5-12)3-4-11-7-9-6-10-11/h6-7,12H,3-5H2,1-2H3. The fraction of sp³-hybridized carbons (Fsp3) is 0.750.